The van der Waals surface area contributed by atoms with E-state index >= 15 is 0 Å². The highest BCUT2D eigenvalue weighted by atomic mass is 16.5. The predicted octanol–water partition coefficient (Wildman–Crippen LogP) is 2.29. The van der Waals surface area contributed by atoms with Crippen molar-refractivity contribution in [3.05, 3.63) is 42.2 Å². The standard InChI is InChI=1S/C13H13N3O/c1-16-8-11(10-4-2-3-5-12(10)16)13-9(6-14)7-15-17-13/h2-5,7-8H,6,14H2,1H3. The van der Waals surface area contributed by atoms with E-state index < -0.39 is 0 Å². The number of para-hydroxylation sites is 1. The van der Waals surface area contributed by atoms with Crippen molar-refractivity contribution in [1.29, 1.82) is 0 Å². The number of aryl methyl sites for hydroxylation is 1. The molecule has 2 N–H and O–H groups in total. The molecule has 0 aliphatic carbocycles. The summed E-state index contributed by atoms with van der Waals surface area (Å²) in [5.41, 5.74) is 8.82. The van der Waals surface area contributed by atoms with Crippen molar-refractivity contribution in [2.75, 3.05) is 0 Å². The molecule has 3 rings (SSSR count). The minimum atomic E-state index is 0.433. The normalized spacial score (nSPS) is 11.2. The number of benzene rings is 1. The van der Waals surface area contributed by atoms with Gasteiger partial charge in [-0.15, -0.1) is 0 Å². The lowest BCUT2D eigenvalue weighted by molar-refractivity contribution is 0.432. The summed E-state index contributed by atoms with van der Waals surface area (Å²) in [6.45, 7) is 0.433. The van der Waals surface area contributed by atoms with Gasteiger partial charge in [0.2, 0.25) is 0 Å². The van der Waals surface area contributed by atoms with E-state index in [2.05, 4.69) is 21.9 Å². The van der Waals surface area contributed by atoms with Gasteiger partial charge in [-0.05, 0) is 6.07 Å². The highest BCUT2D eigenvalue weighted by Gasteiger charge is 2.15. The van der Waals surface area contributed by atoms with Crippen LogP contribution in [0.4, 0.5) is 0 Å². The molecule has 0 aliphatic heterocycles. The summed E-state index contributed by atoms with van der Waals surface area (Å²) >= 11 is 0. The molecular formula is C13H13N3O. The number of hydrogen-bond donors (Lipinski definition) is 1. The fourth-order valence-corrected chi connectivity index (χ4v) is 2.15. The van der Waals surface area contributed by atoms with E-state index in [4.69, 9.17) is 10.3 Å². The number of nitrogens with two attached hydrogens (primary N) is 1. The molecule has 0 saturated heterocycles. The number of fused-ring (bicyclic) bond motifs is 1. The van der Waals surface area contributed by atoms with Gasteiger partial charge in [0.05, 0.1) is 6.20 Å². The Bertz CT molecular complexity index is 666. The SMILES string of the molecule is Cn1cc(-c2oncc2CN)c2ccccc21. The van der Waals surface area contributed by atoms with Crippen LogP contribution in [-0.2, 0) is 13.6 Å². The van der Waals surface area contributed by atoms with E-state index in [1.807, 2.05) is 25.4 Å². The summed E-state index contributed by atoms with van der Waals surface area (Å²) in [6, 6.07) is 8.20. The summed E-state index contributed by atoms with van der Waals surface area (Å²) in [4.78, 5) is 0. The Balaban J connectivity index is 2.31. The molecule has 4 nitrogen and oxygen atoms in total. The Morgan fingerprint density at radius 1 is 1.35 bits per heavy atom. The van der Waals surface area contributed by atoms with Crippen LogP contribution in [0.5, 0.6) is 0 Å². The quantitative estimate of drug-likeness (QED) is 0.730. The Labute approximate surface area is 98.6 Å². The molecule has 2 heterocycles. The van der Waals surface area contributed by atoms with Crippen LogP contribution in [-0.4, -0.2) is 9.72 Å². The first-order valence-electron chi connectivity index (χ1n) is 5.49. The van der Waals surface area contributed by atoms with Gasteiger partial charge >= 0.3 is 0 Å². The van der Waals surface area contributed by atoms with E-state index in [1.54, 1.807) is 6.20 Å². The topological polar surface area (TPSA) is 57.0 Å². The maximum absolute atomic E-state index is 5.68. The molecule has 4 heteroatoms. The molecule has 86 valence electrons. The first-order valence-corrected chi connectivity index (χ1v) is 5.49. The Morgan fingerprint density at radius 2 is 2.18 bits per heavy atom. The molecule has 17 heavy (non-hydrogen) atoms. The summed E-state index contributed by atoms with van der Waals surface area (Å²) in [6.07, 6.45) is 3.72. The maximum atomic E-state index is 5.68. The van der Waals surface area contributed by atoms with E-state index in [9.17, 15) is 0 Å². The van der Waals surface area contributed by atoms with Crippen LogP contribution >= 0.6 is 0 Å². The van der Waals surface area contributed by atoms with Gasteiger partial charge in [0.15, 0.2) is 5.76 Å². The summed E-state index contributed by atoms with van der Waals surface area (Å²) < 4.78 is 7.40. The van der Waals surface area contributed by atoms with E-state index in [0.29, 0.717) is 6.54 Å². The van der Waals surface area contributed by atoms with E-state index in [1.165, 1.54) is 5.52 Å². The highest BCUT2D eigenvalue weighted by Crippen LogP contribution is 2.31. The van der Waals surface area contributed by atoms with Crippen LogP contribution < -0.4 is 5.73 Å². The molecule has 0 atom stereocenters. The van der Waals surface area contributed by atoms with Gasteiger partial charge in [0.25, 0.3) is 0 Å². The Kier molecular flexibility index (Phi) is 2.23. The first kappa shape index (κ1) is 10.1. The average Bonchev–Trinajstić information content (AvgIpc) is 2.94. The molecule has 0 radical (unpaired) electrons. The molecule has 2 aromatic heterocycles. The van der Waals surface area contributed by atoms with Crippen LogP contribution in [0.1, 0.15) is 5.56 Å². The van der Waals surface area contributed by atoms with Gasteiger partial charge in [-0.1, -0.05) is 23.4 Å². The largest absolute Gasteiger partial charge is 0.356 e. The zero-order valence-corrected chi connectivity index (χ0v) is 9.55. The van der Waals surface area contributed by atoms with Gasteiger partial charge in [0.1, 0.15) is 0 Å². The molecule has 0 spiro atoms. The molecular weight excluding hydrogens is 214 g/mol. The van der Waals surface area contributed by atoms with Gasteiger partial charge in [-0.3, -0.25) is 0 Å². The molecule has 1 aromatic carbocycles. The second-order valence-electron chi connectivity index (χ2n) is 4.06. The fraction of sp³-hybridized carbons (Fsp3) is 0.154. The summed E-state index contributed by atoms with van der Waals surface area (Å²) in [5.74, 6) is 0.768. The van der Waals surface area contributed by atoms with Crippen molar-refractivity contribution in [2.24, 2.45) is 12.8 Å². The van der Waals surface area contributed by atoms with Crippen LogP contribution in [0.3, 0.4) is 0 Å². The third kappa shape index (κ3) is 1.45. The minimum absolute atomic E-state index is 0.433. The monoisotopic (exact) mass is 227 g/mol. The molecule has 0 unspecified atom stereocenters. The minimum Gasteiger partial charge on any atom is -0.356 e. The smallest absolute Gasteiger partial charge is 0.173 e. The molecule has 3 aromatic rings. The van der Waals surface area contributed by atoms with Gasteiger partial charge in [0, 0.05) is 41.8 Å². The van der Waals surface area contributed by atoms with Crippen molar-refractivity contribution in [1.82, 2.24) is 9.72 Å². The molecule has 0 aliphatic rings. The van der Waals surface area contributed by atoms with E-state index in [0.717, 1.165) is 22.3 Å². The average molecular weight is 227 g/mol. The van der Waals surface area contributed by atoms with Crippen molar-refractivity contribution in [2.45, 2.75) is 6.54 Å². The lowest BCUT2D eigenvalue weighted by Gasteiger charge is -1.96. The fourth-order valence-electron chi connectivity index (χ4n) is 2.15. The number of nitrogens with zero attached hydrogens (tertiary/aromatic N) is 2. The highest BCUT2D eigenvalue weighted by molar-refractivity contribution is 5.95. The van der Waals surface area contributed by atoms with Gasteiger partial charge < -0.3 is 14.8 Å². The molecule has 0 saturated carbocycles. The zero-order valence-electron chi connectivity index (χ0n) is 9.55. The molecule has 0 fully saturated rings. The summed E-state index contributed by atoms with van der Waals surface area (Å²) in [7, 11) is 2.02. The second kappa shape index (κ2) is 3.75. The molecule has 0 bridgehead atoms. The van der Waals surface area contributed by atoms with Crippen LogP contribution in [0.2, 0.25) is 0 Å². The van der Waals surface area contributed by atoms with Crippen LogP contribution in [0.15, 0.2) is 41.2 Å². The van der Waals surface area contributed by atoms with Crippen LogP contribution in [0.25, 0.3) is 22.2 Å². The number of hydrogen-bond acceptors (Lipinski definition) is 3. The number of rotatable bonds is 2. The lowest BCUT2D eigenvalue weighted by atomic mass is 10.1. The third-order valence-electron chi connectivity index (χ3n) is 3.01. The van der Waals surface area contributed by atoms with Gasteiger partial charge in [-0.25, -0.2) is 0 Å². The Morgan fingerprint density at radius 3 is 3.00 bits per heavy atom. The lowest BCUT2D eigenvalue weighted by Crippen LogP contribution is -1.95. The van der Waals surface area contributed by atoms with Crippen molar-refractivity contribution in [3.8, 4) is 11.3 Å². The maximum Gasteiger partial charge on any atom is 0.173 e. The van der Waals surface area contributed by atoms with E-state index in [-0.39, 0.29) is 0 Å². The third-order valence-corrected chi connectivity index (χ3v) is 3.01. The number of aromatic nitrogens is 2. The zero-order chi connectivity index (χ0) is 11.8. The van der Waals surface area contributed by atoms with Crippen molar-refractivity contribution >= 4 is 10.9 Å². The van der Waals surface area contributed by atoms with Crippen LogP contribution in [0, 0.1) is 0 Å². The predicted molar refractivity (Wildman–Crippen MR) is 66.3 cm³/mol. The molecule has 0 amide bonds. The Hall–Kier alpha value is -2.07. The van der Waals surface area contributed by atoms with Crippen molar-refractivity contribution in [3.63, 3.8) is 0 Å². The van der Waals surface area contributed by atoms with Crippen molar-refractivity contribution < 1.29 is 4.52 Å². The second-order valence-corrected chi connectivity index (χ2v) is 4.06. The first-order chi connectivity index (χ1) is 8.31. The summed E-state index contributed by atoms with van der Waals surface area (Å²) in [5, 5.41) is 4.98. The van der Waals surface area contributed by atoms with Gasteiger partial charge in [-0.2, -0.15) is 0 Å².